The molecule has 2 unspecified atom stereocenters. The lowest BCUT2D eigenvalue weighted by Crippen LogP contribution is -2.59. The zero-order chi connectivity index (χ0) is 24.3. The van der Waals surface area contributed by atoms with E-state index in [2.05, 4.69) is 10.4 Å². The molecular formula is C24H26ClN3O6. The molecule has 180 valence electrons. The first-order valence-corrected chi connectivity index (χ1v) is 11.7. The van der Waals surface area contributed by atoms with Crippen molar-refractivity contribution < 1.29 is 24.5 Å². The lowest BCUT2D eigenvalue weighted by Gasteiger charge is -2.61. The van der Waals surface area contributed by atoms with Crippen LogP contribution >= 0.6 is 11.6 Å². The first kappa shape index (κ1) is 22.7. The smallest absolute Gasteiger partial charge is 0.335 e. The largest absolute Gasteiger partial charge is 0.495 e. The maximum Gasteiger partial charge on any atom is 0.335 e. The van der Waals surface area contributed by atoms with Gasteiger partial charge >= 0.3 is 11.9 Å². The number of hydrogen-bond acceptors (Lipinski definition) is 6. The Balaban J connectivity index is 1.50. The van der Waals surface area contributed by atoms with Crippen molar-refractivity contribution in [3.8, 4) is 5.75 Å². The van der Waals surface area contributed by atoms with Gasteiger partial charge in [-0.15, -0.1) is 0 Å². The number of aromatic carboxylic acids is 1. The highest BCUT2D eigenvalue weighted by molar-refractivity contribution is 6.33. The summed E-state index contributed by atoms with van der Waals surface area (Å²) in [5.74, 6) is -0.736. The summed E-state index contributed by atoms with van der Waals surface area (Å²) in [5.41, 5.74) is -0.622. The molecule has 0 saturated heterocycles. The van der Waals surface area contributed by atoms with Crippen molar-refractivity contribution in [1.29, 1.82) is 0 Å². The molecule has 0 aliphatic heterocycles. The van der Waals surface area contributed by atoms with E-state index < -0.39 is 23.0 Å². The van der Waals surface area contributed by atoms with Gasteiger partial charge in [-0.05, 0) is 74.0 Å². The van der Waals surface area contributed by atoms with Gasteiger partial charge in [-0.2, -0.15) is 5.10 Å². The number of aromatic nitrogens is 2. The standard InChI is InChI=1S/C24H26ClN3O6/c1-34-18-3-2-15(22(32)33)5-16(18)27-17-11-26-28(21(31)20(17)25)24-8-13-4-14(9-24)7-23(6-13,12-24)10-19(29)30/h2-3,5,11,13-14,27H,4,6-10,12H2,1H3,(H,29,30)(H,32,33)/t13-,14+,23?,24?. The van der Waals surface area contributed by atoms with Crippen LogP contribution in [0.5, 0.6) is 5.75 Å². The molecule has 2 aromatic rings. The minimum atomic E-state index is -1.09. The van der Waals surface area contributed by atoms with Gasteiger partial charge in [0.25, 0.3) is 5.56 Å². The van der Waals surface area contributed by atoms with E-state index in [0.29, 0.717) is 29.7 Å². The van der Waals surface area contributed by atoms with Gasteiger partial charge in [0.15, 0.2) is 0 Å². The summed E-state index contributed by atoms with van der Waals surface area (Å²) in [6.45, 7) is 0. The zero-order valence-electron chi connectivity index (χ0n) is 18.7. The van der Waals surface area contributed by atoms with E-state index in [4.69, 9.17) is 16.3 Å². The molecule has 10 heteroatoms. The number of carboxylic acid groups (broad SMARTS) is 2. The number of ether oxygens (including phenoxy) is 1. The number of benzene rings is 1. The third-order valence-corrected chi connectivity index (χ3v) is 8.13. The molecule has 0 radical (unpaired) electrons. The number of carboxylic acids is 2. The Labute approximate surface area is 200 Å². The van der Waals surface area contributed by atoms with E-state index in [1.54, 1.807) is 0 Å². The Hall–Kier alpha value is -3.07. The summed E-state index contributed by atoms with van der Waals surface area (Å²) in [7, 11) is 1.46. The lowest BCUT2D eigenvalue weighted by molar-refractivity contribution is -0.151. The van der Waals surface area contributed by atoms with Crippen LogP contribution in [0.4, 0.5) is 11.4 Å². The SMILES string of the molecule is COc1ccc(C(=O)O)cc1Nc1cnn(C23C[C@@H]4C[C@@H](CC(CC(=O)O)(C4)C2)C3)c(=O)c1Cl. The molecule has 0 amide bonds. The number of nitrogens with one attached hydrogen (secondary N) is 1. The van der Waals surface area contributed by atoms with Crippen LogP contribution in [0.15, 0.2) is 29.2 Å². The Kier molecular flexibility index (Phi) is 5.35. The normalized spacial score (nSPS) is 29.1. The van der Waals surface area contributed by atoms with Crippen LogP contribution in [-0.4, -0.2) is 39.0 Å². The average molecular weight is 488 g/mol. The number of anilines is 2. The van der Waals surface area contributed by atoms with Gasteiger partial charge in [-0.1, -0.05) is 11.6 Å². The molecule has 4 saturated carbocycles. The summed E-state index contributed by atoms with van der Waals surface area (Å²) < 4.78 is 6.79. The van der Waals surface area contributed by atoms with Gasteiger partial charge in [-0.25, -0.2) is 9.48 Å². The monoisotopic (exact) mass is 487 g/mol. The van der Waals surface area contributed by atoms with Crippen molar-refractivity contribution in [1.82, 2.24) is 9.78 Å². The van der Waals surface area contributed by atoms with Crippen molar-refractivity contribution in [2.75, 3.05) is 12.4 Å². The maximum atomic E-state index is 13.4. The third kappa shape index (κ3) is 3.72. The Morgan fingerprint density at radius 2 is 1.91 bits per heavy atom. The molecule has 4 aliphatic carbocycles. The number of rotatable bonds is 7. The van der Waals surface area contributed by atoms with Crippen LogP contribution < -0.4 is 15.6 Å². The summed E-state index contributed by atoms with van der Waals surface area (Å²) in [6.07, 6.45) is 6.65. The van der Waals surface area contributed by atoms with E-state index in [0.717, 1.165) is 32.1 Å². The number of halogens is 1. The summed E-state index contributed by atoms with van der Waals surface area (Å²) in [6, 6.07) is 4.34. The molecule has 34 heavy (non-hydrogen) atoms. The summed E-state index contributed by atoms with van der Waals surface area (Å²) in [5, 5.41) is 26.3. The van der Waals surface area contributed by atoms with Crippen molar-refractivity contribution >= 4 is 34.9 Å². The Morgan fingerprint density at radius 3 is 2.53 bits per heavy atom. The van der Waals surface area contributed by atoms with Crippen LogP contribution in [0.3, 0.4) is 0 Å². The fourth-order valence-corrected chi connectivity index (χ4v) is 7.30. The quantitative estimate of drug-likeness (QED) is 0.531. The maximum absolute atomic E-state index is 13.4. The molecule has 3 N–H and O–H groups in total. The van der Waals surface area contributed by atoms with Crippen molar-refractivity contribution in [2.24, 2.45) is 17.3 Å². The van der Waals surface area contributed by atoms with Gasteiger partial charge < -0.3 is 20.3 Å². The lowest BCUT2D eigenvalue weighted by atomic mass is 9.46. The van der Waals surface area contributed by atoms with Gasteiger partial charge in [0.1, 0.15) is 10.8 Å². The Bertz CT molecular complexity index is 1230. The van der Waals surface area contributed by atoms with Crippen LogP contribution in [0, 0.1) is 17.3 Å². The van der Waals surface area contributed by atoms with Crippen molar-refractivity contribution in [3.63, 3.8) is 0 Å². The molecule has 4 fully saturated rings. The van der Waals surface area contributed by atoms with E-state index >= 15 is 0 Å². The minimum absolute atomic E-state index is 0.0537. The number of hydrogen-bond donors (Lipinski definition) is 3. The van der Waals surface area contributed by atoms with Gasteiger partial charge in [0.2, 0.25) is 0 Å². The van der Waals surface area contributed by atoms with Gasteiger partial charge in [0, 0.05) is 0 Å². The van der Waals surface area contributed by atoms with Crippen LogP contribution in [0.2, 0.25) is 5.02 Å². The molecule has 4 aliphatic rings. The van der Waals surface area contributed by atoms with Gasteiger partial charge in [-0.3, -0.25) is 9.59 Å². The van der Waals surface area contributed by atoms with E-state index in [-0.39, 0.29) is 28.1 Å². The molecule has 6 rings (SSSR count). The first-order chi connectivity index (χ1) is 16.1. The van der Waals surface area contributed by atoms with Crippen LogP contribution in [-0.2, 0) is 10.3 Å². The number of aliphatic carboxylic acids is 1. The second kappa shape index (κ2) is 8.01. The molecule has 4 atom stereocenters. The molecule has 1 aromatic carbocycles. The highest BCUT2D eigenvalue weighted by Gasteiger charge is 2.59. The average Bonchev–Trinajstić information content (AvgIpc) is 2.74. The van der Waals surface area contributed by atoms with Crippen molar-refractivity contribution in [2.45, 2.75) is 50.5 Å². The molecule has 1 heterocycles. The zero-order valence-corrected chi connectivity index (χ0v) is 19.5. The van der Waals surface area contributed by atoms with E-state index in [1.165, 1.54) is 36.2 Å². The predicted molar refractivity (Wildman–Crippen MR) is 124 cm³/mol. The van der Waals surface area contributed by atoms with Gasteiger partial charge in [0.05, 0.1) is 42.2 Å². The molecule has 4 bridgehead atoms. The van der Waals surface area contributed by atoms with E-state index in [9.17, 15) is 24.6 Å². The highest BCUT2D eigenvalue weighted by Crippen LogP contribution is 2.65. The third-order valence-electron chi connectivity index (χ3n) is 7.76. The second-order valence-electron chi connectivity index (χ2n) is 10.2. The Morgan fingerprint density at radius 1 is 1.21 bits per heavy atom. The summed E-state index contributed by atoms with van der Waals surface area (Å²) >= 11 is 6.52. The second-order valence-corrected chi connectivity index (χ2v) is 10.6. The highest BCUT2D eigenvalue weighted by atomic mass is 35.5. The fraction of sp³-hybridized carbons (Fsp3) is 0.500. The van der Waals surface area contributed by atoms with Crippen molar-refractivity contribution in [3.05, 3.63) is 45.3 Å². The van der Waals surface area contributed by atoms with E-state index in [1.807, 2.05) is 0 Å². The molecular weight excluding hydrogens is 462 g/mol. The first-order valence-electron chi connectivity index (χ1n) is 11.3. The summed E-state index contributed by atoms with van der Waals surface area (Å²) in [4.78, 5) is 36.4. The fourth-order valence-electron chi connectivity index (χ4n) is 7.12. The minimum Gasteiger partial charge on any atom is -0.495 e. The number of carbonyl (C=O) groups is 2. The molecule has 0 spiro atoms. The molecule has 1 aromatic heterocycles. The van der Waals surface area contributed by atoms with Crippen LogP contribution in [0.1, 0.15) is 55.3 Å². The number of nitrogens with zero attached hydrogens (tertiary/aromatic N) is 2. The topological polar surface area (TPSA) is 131 Å². The predicted octanol–water partition coefficient (Wildman–Crippen LogP) is 4.12. The van der Waals surface area contributed by atoms with Crippen LogP contribution in [0.25, 0.3) is 0 Å². The molecule has 9 nitrogen and oxygen atoms in total. The number of methoxy groups -OCH3 is 1.